The minimum absolute atomic E-state index is 0.0747. The van der Waals surface area contributed by atoms with Gasteiger partial charge in [-0.2, -0.15) is 0 Å². The molecule has 2 aliphatic rings. The fraction of sp³-hybridized carbons (Fsp3) is 0.632. The van der Waals surface area contributed by atoms with E-state index in [-0.39, 0.29) is 5.54 Å². The maximum Gasteiger partial charge on any atom is 0.124 e. The van der Waals surface area contributed by atoms with Gasteiger partial charge in [-0.3, -0.25) is 9.89 Å². The van der Waals surface area contributed by atoms with E-state index in [0.29, 0.717) is 12.1 Å². The number of para-hydroxylation sites is 1. The summed E-state index contributed by atoms with van der Waals surface area (Å²) in [5.41, 5.74) is 2.70. The number of hydrogen-bond acceptors (Lipinski definition) is 4. The summed E-state index contributed by atoms with van der Waals surface area (Å²) in [7, 11) is 2.23. The van der Waals surface area contributed by atoms with Crippen LogP contribution in [-0.2, 0) is 6.42 Å². The van der Waals surface area contributed by atoms with Crippen molar-refractivity contribution in [2.24, 2.45) is 4.99 Å². The van der Waals surface area contributed by atoms with Crippen LogP contribution in [0.15, 0.2) is 29.3 Å². The summed E-state index contributed by atoms with van der Waals surface area (Å²) in [5, 5.41) is 3.57. The number of hydrogen-bond donors (Lipinski definition) is 1. The maximum atomic E-state index is 4.83. The standard InChI is InChI=1S/C19H30N4/c1-14(2)23(15(3)4)13-19(18-20-10-11-21-18)12-16-8-6-7-9-17(16)22(19)5/h6-9,14-15H,10-13H2,1-5H3,(H,20,21)/t19-/m1/s1. The molecule has 4 heteroatoms. The average Bonchev–Trinajstić information content (AvgIpc) is 3.13. The third kappa shape index (κ3) is 2.74. The van der Waals surface area contributed by atoms with E-state index in [1.807, 2.05) is 0 Å². The van der Waals surface area contributed by atoms with Gasteiger partial charge in [0.2, 0.25) is 0 Å². The monoisotopic (exact) mass is 314 g/mol. The number of amidine groups is 1. The van der Waals surface area contributed by atoms with Crippen LogP contribution in [0.4, 0.5) is 5.69 Å². The van der Waals surface area contributed by atoms with E-state index in [4.69, 9.17) is 4.99 Å². The van der Waals surface area contributed by atoms with Crippen LogP contribution in [0, 0.1) is 0 Å². The second kappa shape index (κ2) is 6.16. The zero-order valence-electron chi connectivity index (χ0n) is 15.1. The highest BCUT2D eigenvalue weighted by molar-refractivity contribution is 5.98. The largest absolute Gasteiger partial charge is 0.370 e. The van der Waals surface area contributed by atoms with E-state index in [9.17, 15) is 0 Å². The molecule has 0 bridgehead atoms. The van der Waals surface area contributed by atoms with Gasteiger partial charge in [-0.15, -0.1) is 0 Å². The molecule has 3 rings (SSSR count). The SMILES string of the molecule is CC(C)N(C[C@@]1(C2=NCCN2)Cc2ccccc2N1C)C(C)C. The van der Waals surface area contributed by atoms with Gasteiger partial charge in [-0.1, -0.05) is 18.2 Å². The van der Waals surface area contributed by atoms with E-state index in [2.05, 4.69) is 74.1 Å². The van der Waals surface area contributed by atoms with E-state index in [0.717, 1.165) is 26.1 Å². The summed E-state index contributed by atoms with van der Waals surface area (Å²) in [6, 6.07) is 9.82. The molecule has 4 nitrogen and oxygen atoms in total. The minimum atomic E-state index is -0.0747. The number of benzene rings is 1. The Kier molecular flexibility index (Phi) is 4.37. The van der Waals surface area contributed by atoms with Crippen LogP contribution in [-0.4, -0.2) is 55.0 Å². The summed E-state index contributed by atoms with van der Waals surface area (Å²) < 4.78 is 0. The molecule has 2 aliphatic heterocycles. The Morgan fingerprint density at radius 2 is 1.91 bits per heavy atom. The van der Waals surface area contributed by atoms with Gasteiger partial charge < -0.3 is 10.2 Å². The molecular formula is C19H30N4. The number of nitrogens with zero attached hydrogens (tertiary/aromatic N) is 3. The maximum absolute atomic E-state index is 4.83. The summed E-state index contributed by atoms with van der Waals surface area (Å²) in [6.07, 6.45) is 1.03. The fourth-order valence-electron chi connectivity index (χ4n) is 4.10. The first kappa shape index (κ1) is 16.3. The van der Waals surface area contributed by atoms with Crippen molar-refractivity contribution in [3.63, 3.8) is 0 Å². The molecule has 0 aliphatic carbocycles. The van der Waals surface area contributed by atoms with Gasteiger partial charge in [-0.25, -0.2) is 0 Å². The van der Waals surface area contributed by atoms with Crippen LogP contribution in [0.2, 0.25) is 0 Å². The highest BCUT2D eigenvalue weighted by Gasteiger charge is 2.48. The Bertz CT molecular complexity index is 585. The quantitative estimate of drug-likeness (QED) is 0.906. The summed E-state index contributed by atoms with van der Waals surface area (Å²) in [5.74, 6) is 1.17. The normalized spacial score (nSPS) is 23.7. The van der Waals surface area contributed by atoms with Crippen LogP contribution < -0.4 is 10.2 Å². The molecule has 1 aromatic carbocycles. The molecule has 0 fully saturated rings. The molecule has 0 radical (unpaired) electrons. The second-order valence-corrected chi connectivity index (χ2v) is 7.41. The highest BCUT2D eigenvalue weighted by Crippen LogP contribution is 2.39. The predicted molar refractivity (Wildman–Crippen MR) is 98.6 cm³/mol. The molecular weight excluding hydrogens is 284 g/mol. The number of nitrogens with one attached hydrogen (secondary N) is 1. The Hall–Kier alpha value is -1.55. The molecule has 0 amide bonds. The van der Waals surface area contributed by atoms with Crippen molar-refractivity contribution >= 4 is 11.5 Å². The molecule has 0 unspecified atom stereocenters. The number of rotatable bonds is 5. The molecule has 0 saturated carbocycles. The smallest absolute Gasteiger partial charge is 0.124 e. The van der Waals surface area contributed by atoms with E-state index >= 15 is 0 Å². The van der Waals surface area contributed by atoms with Crippen molar-refractivity contribution in [2.75, 3.05) is 31.6 Å². The van der Waals surface area contributed by atoms with Crippen molar-refractivity contribution in [2.45, 2.75) is 51.7 Å². The van der Waals surface area contributed by atoms with Crippen molar-refractivity contribution < 1.29 is 0 Å². The minimum Gasteiger partial charge on any atom is -0.370 e. The summed E-state index contributed by atoms with van der Waals surface area (Å²) >= 11 is 0. The van der Waals surface area contributed by atoms with Gasteiger partial charge in [-0.05, 0) is 39.3 Å². The first-order valence-electron chi connectivity index (χ1n) is 8.82. The van der Waals surface area contributed by atoms with Crippen molar-refractivity contribution in [1.29, 1.82) is 0 Å². The Morgan fingerprint density at radius 1 is 1.22 bits per heavy atom. The third-order valence-corrected chi connectivity index (χ3v) is 5.36. The lowest BCUT2D eigenvalue weighted by atomic mass is 9.90. The third-order valence-electron chi connectivity index (χ3n) is 5.36. The van der Waals surface area contributed by atoms with E-state index < -0.39 is 0 Å². The first-order chi connectivity index (χ1) is 11.0. The lowest BCUT2D eigenvalue weighted by Gasteiger charge is -2.44. The number of aliphatic imine (C=N–C) groups is 1. The molecule has 0 saturated heterocycles. The predicted octanol–water partition coefficient (Wildman–Crippen LogP) is 2.54. The second-order valence-electron chi connectivity index (χ2n) is 7.41. The molecule has 2 heterocycles. The van der Waals surface area contributed by atoms with E-state index in [1.54, 1.807) is 0 Å². The van der Waals surface area contributed by atoms with Gasteiger partial charge in [0.1, 0.15) is 11.4 Å². The van der Waals surface area contributed by atoms with Crippen LogP contribution in [0.25, 0.3) is 0 Å². The van der Waals surface area contributed by atoms with Crippen LogP contribution >= 0.6 is 0 Å². The summed E-state index contributed by atoms with van der Waals surface area (Å²) in [4.78, 5) is 9.88. The topological polar surface area (TPSA) is 30.9 Å². The van der Waals surface area contributed by atoms with Gasteiger partial charge in [0, 0.05) is 44.3 Å². The van der Waals surface area contributed by atoms with Crippen molar-refractivity contribution in [3.8, 4) is 0 Å². The fourth-order valence-corrected chi connectivity index (χ4v) is 4.10. The van der Waals surface area contributed by atoms with Gasteiger partial charge in [0.05, 0.1) is 6.54 Å². The molecule has 0 spiro atoms. The molecule has 0 aromatic heterocycles. The van der Waals surface area contributed by atoms with Crippen molar-refractivity contribution in [1.82, 2.24) is 10.2 Å². The van der Waals surface area contributed by atoms with Gasteiger partial charge in [0.15, 0.2) is 0 Å². The van der Waals surface area contributed by atoms with Crippen LogP contribution in [0.1, 0.15) is 33.3 Å². The Balaban J connectivity index is 2.00. The van der Waals surface area contributed by atoms with Gasteiger partial charge in [0.25, 0.3) is 0 Å². The molecule has 23 heavy (non-hydrogen) atoms. The Labute approximate surface area is 140 Å². The van der Waals surface area contributed by atoms with Gasteiger partial charge >= 0.3 is 0 Å². The van der Waals surface area contributed by atoms with Crippen molar-refractivity contribution in [3.05, 3.63) is 29.8 Å². The zero-order chi connectivity index (χ0) is 16.6. The average molecular weight is 314 g/mol. The van der Waals surface area contributed by atoms with Crippen LogP contribution in [0.5, 0.6) is 0 Å². The molecule has 1 atom stereocenters. The highest BCUT2D eigenvalue weighted by atomic mass is 15.3. The summed E-state index contributed by atoms with van der Waals surface area (Å²) in [6.45, 7) is 12.0. The van der Waals surface area contributed by atoms with E-state index in [1.165, 1.54) is 17.1 Å². The van der Waals surface area contributed by atoms with Crippen LogP contribution in [0.3, 0.4) is 0 Å². The number of likely N-dealkylation sites (N-methyl/N-ethyl adjacent to an activating group) is 1. The lowest BCUT2D eigenvalue weighted by Crippen LogP contribution is -2.63. The molecule has 126 valence electrons. The lowest BCUT2D eigenvalue weighted by molar-refractivity contribution is 0.151. The first-order valence-corrected chi connectivity index (χ1v) is 8.82. The number of fused-ring (bicyclic) bond motifs is 1. The Morgan fingerprint density at radius 3 is 2.48 bits per heavy atom. The number of anilines is 1. The zero-order valence-corrected chi connectivity index (χ0v) is 15.1. The molecule has 1 N–H and O–H groups in total. The molecule has 1 aromatic rings.